The summed E-state index contributed by atoms with van der Waals surface area (Å²) in [6.45, 7) is 2.26. The van der Waals surface area contributed by atoms with Gasteiger partial charge in [0.25, 0.3) is 5.91 Å². The van der Waals surface area contributed by atoms with Crippen LogP contribution in [0, 0.1) is 5.92 Å². The SMILES string of the molecule is C[C@H]1CCc2c(C(=O)Nc3ccc(Cl)c(Cl)c3)csc2C1. The third-order valence-corrected chi connectivity index (χ3v) is 5.61. The second-order valence-corrected chi connectivity index (χ2v) is 7.26. The average molecular weight is 340 g/mol. The molecule has 5 heteroatoms. The van der Waals surface area contributed by atoms with E-state index in [0.29, 0.717) is 21.7 Å². The number of fused-ring (bicyclic) bond motifs is 1. The zero-order chi connectivity index (χ0) is 15.0. The molecule has 3 rings (SSSR count). The van der Waals surface area contributed by atoms with Crippen molar-refractivity contribution < 1.29 is 4.79 Å². The smallest absolute Gasteiger partial charge is 0.256 e. The highest BCUT2D eigenvalue weighted by molar-refractivity contribution is 7.10. The number of nitrogens with one attached hydrogen (secondary N) is 1. The molecule has 1 aromatic heterocycles. The molecule has 0 aliphatic heterocycles. The van der Waals surface area contributed by atoms with Gasteiger partial charge in [-0.15, -0.1) is 11.3 Å². The summed E-state index contributed by atoms with van der Waals surface area (Å²) in [7, 11) is 0. The van der Waals surface area contributed by atoms with Crippen molar-refractivity contribution in [1.82, 2.24) is 0 Å². The van der Waals surface area contributed by atoms with Gasteiger partial charge >= 0.3 is 0 Å². The van der Waals surface area contributed by atoms with Crippen LogP contribution in [-0.4, -0.2) is 5.91 Å². The van der Waals surface area contributed by atoms with Crippen molar-refractivity contribution in [1.29, 1.82) is 0 Å². The van der Waals surface area contributed by atoms with E-state index >= 15 is 0 Å². The van der Waals surface area contributed by atoms with Crippen molar-refractivity contribution in [2.75, 3.05) is 5.32 Å². The second kappa shape index (κ2) is 5.99. The van der Waals surface area contributed by atoms with Crippen LogP contribution in [0.4, 0.5) is 5.69 Å². The second-order valence-electron chi connectivity index (χ2n) is 5.48. The Kier molecular flexibility index (Phi) is 4.25. The Morgan fingerprint density at radius 2 is 2.14 bits per heavy atom. The Hall–Kier alpha value is -1.03. The minimum absolute atomic E-state index is 0.0690. The first kappa shape index (κ1) is 14.9. The van der Waals surface area contributed by atoms with Crippen LogP contribution >= 0.6 is 34.5 Å². The molecule has 0 bridgehead atoms. The van der Waals surface area contributed by atoms with Crippen LogP contribution in [0.1, 0.15) is 34.1 Å². The monoisotopic (exact) mass is 339 g/mol. The summed E-state index contributed by atoms with van der Waals surface area (Å²) in [4.78, 5) is 13.8. The lowest BCUT2D eigenvalue weighted by molar-refractivity contribution is 0.102. The minimum atomic E-state index is -0.0690. The number of hydrogen-bond donors (Lipinski definition) is 1. The van der Waals surface area contributed by atoms with Gasteiger partial charge in [-0.05, 0) is 48.9 Å². The number of hydrogen-bond acceptors (Lipinski definition) is 2. The molecule has 1 atom stereocenters. The summed E-state index contributed by atoms with van der Waals surface area (Å²) in [6.07, 6.45) is 3.22. The molecule has 2 aromatic rings. The number of anilines is 1. The zero-order valence-electron chi connectivity index (χ0n) is 11.6. The van der Waals surface area contributed by atoms with Crippen LogP contribution in [-0.2, 0) is 12.8 Å². The molecule has 1 heterocycles. The van der Waals surface area contributed by atoms with Crippen LogP contribution in [0.5, 0.6) is 0 Å². The van der Waals surface area contributed by atoms with E-state index in [0.717, 1.165) is 24.8 Å². The Morgan fingerprint density at radius 3 is 2.90 bits per heavy atom. The normalized spacial score (nSPS) is 17.4. The summed E-state index contributed by atoms with van der Waals surface area (Å²) >= 11 is 13.5. The van der Waals surface area contributed by atoms with Crippen molar-refractivity contribution in [3.8, 4) is 0 Å². The molecule has 1 amide bonds. The summed E-state index contributed by atoms with van der Waals surface area (Å²) in [5.41, 5.74) is 2.68. The molecule has 0 unspecified atom stereocenters. The summed E-state index contributed by atoms with van der Waals surface area (Å²) in [5.74, 6) is 0.641. The molecule has 1 aliphatic rings. The first-order valence-corrected chi connectivity index (χ1v) is 8.54. The Labute approximate surface area is 138 Å². The van der Waals surface area contributed by atoms with Crippen molar-refractivity contribution in [2.45, 2.75) is 26.2 Å². The van der Waals surface area contributed by atoms with Crippen molar-refractivity contribution in [3.05, 3.63) is 49.6 Å². The van der Waals surface area contributed by atoms with E-state index in [4.69, 9.17) is 23.2 Å². The molecule has 0 spiro atoms. The summed E-state index contributed by atoms with van der Waals surface area (Å²) < 4.78 is 0. The molecule has 110 valence electrons. The molecule has 0 saturated carbocycles. The van der Waals surface area contributed by atoms with E-state index < -0.39 is 0 Å². The van der Waals surface area contributed by atoms with Crippen LogP contribution < -0.4 is 5.32 Å². The van der Waals surface area contributed by atoms with Gasteiger partial charge in [-0.25, -0.2) is 0 Å². The highest BCUT2D eigenvalue weighted by Crippen LogP contribution is 2.33. The third-order valence-electron chi connectivity index (χ3n) is 3.82. The number of amides is 1. The van der Waals surface area contributed by atoms with E-state index in [1.807, 2.05) is 5.38 Å². The highest BCUT2D eigenvalue weighted by atomic mass is 35.5. The topological polar surface area (TPSA) is 29.1 Å². The van der Waals surface area contributed by atoms with Gasteiger partial charge in [0.1, 0.15) is 0 Å². The Bertz CT molecular complexity index is 696. The maximum absolute atomic E-state index is 12.4. The molecule has 0 saturated heterocycles. The lowest BCUT2D eigenvalue weighted by atomic mass is 9.88. The molecule has 1 aromatic carbocycles. The minimum Gasteiger partial charge on any atom is -0.322 e. The zero-order valence-corrected chi connectivity index (χ0v) is 13.9. The molecular weight excluding hydrogens is 325 g/mol. The highest BCUT2D eigenvalue weighted by Gasteiger charge is 2.23. The van der Waals surface area contributed by atoms with E-state index in [2.05, 4.69) is 12.2 Å². The van der Waals surface area contributed by atoms with Gasteiger partial charge in [0.05, 0.1) is 15.6 Å². The first-order valence-electron chi connectivity index (χ1n) is 6.90. The van der Waals surface area contributed by atoms with Crippen molar-refractivity contribution >= 4 is 46.1 Å². The number of rotatable bonds is 2. The van der Waals surface area contributed by atoms with Gasteiger partial charge in [0, 0.05) is 15.9 Å². The molecule has 1 aliphatic carbocycles. The first-order chi connectivity index (χ1) is 10.0. The molecule has 1 N–H and O–H groups in total. The van der Waals surface area contributed by atoms with E-state index in [9.17, 15) is 4.79 Å². The van der Waals surface area contributed by atoms with Gasteiger partial charge in [-0.3, -0.25) is 4.79 Å². The van der Waals surface area contributed by atoms with Gasteiger partial charge < -0.3 is 5.32 Å². The van der Waals surface area contributed by atoms with Gasteiger partial charge in [-0.1, -0.05) is 30.1 Å². The summed E-state index contributed by atoms with van der Waals surface area (Å²) in [5, 5.41) is 5.79. The van der Waals surface area contributed by atoms with Crippen LogP contribution in [0.3, 0.4) is 0 Å². The fourth-order valence-corrected chi connectivity index (χ4v) is 4.18. The number of thiophene rings is 1. The third kappa shape index (κ3) is 3.10. The van der Waals surface area contributed by atoms with Crippen LogP contribution in [0.25, 0.3) is 0 Å². The summed E-state index contributed by atoms with van der Waals surface area (Å²) in [6, 6.07) is 5.11. The number of carbonyl (C=O) groups excluding carboxylic acids is 1. The Balaban J connectivity index is 1.81. The van der Waals surface area contributed by atoms with Gasteiger partial charge in [0.2, 0.25) is 0 Å². The molecular formula is C16H15Cl2NOS. The quantitative estimate of drug-likeness (QED) is 0.776. The van der Waals surface area contributed by atoms with Gasteiger partial charge in [0.15, 0.2) is 0 Å². The molecule has 0 radical (unpaired) electrons. The predicted molar refractivity (Wildman–Crippen MR) is 89.9 cm³/mol. The predicted octanol–water partition coefficient (Wildman–Crippen LogP) is 5.43. The van der Waals surface area contributed by atoms with Crippen molar-refractivity contribution in [2.24, 2.45) is 5.92 Å². The van der Waals surface area contributed by atoms with E-state index in [-0.39, 0.29) is 5.91 Å². The maximum atomic E-state index is 12.4. The van der Waals surface area contributed by atoms with E-state index in [1.165, 1.54) is 10.4 Å². The number of benzene rings is 1. The maximum Gasteiger partial charge on any atom is 0.256 e. The lowest BCUT2D eigenvalue weighted by Crippen LogP contribution is -2.16. The molecule has 0 fully saturated rings. The molecule has 2 nitrogen and oxygen atoms in total. The van der Waals surface area contributed by atoms with Crippen LogP contribution in [0.15, 0.2) is 23.6 Å². The van der Waals surface area contributed by atoms with Crippen LogP contribution in [0.2, 0.25) is 10.0 Å². The standard InChI is InChI=1S/C16H15Cl2NOS/c1-9-2-4-11-12(8-21-15(11)6-9)16(20)19-10-3-5-13(17)14(18)7-10/h3,5,7-9H,2,4,6H2,1H3,(H,19,20)/t9-/m0/s1. The largest absolute Gasteiger partial charge is 0.322 e. The molecule has 21 heavy (non-hydrogen) atoms. The fraction of sp³-hybridized carbons (Fsp3) is 0.312. The van der Waals surface area contributed by atoms with Crippen molar-refractivity contribution in [3.63, 3.8) is 0 Å². The number of halogens is 2. The Morgan fingerprint density at radius 1 is 1.33 bits per heavy atom. The number of carbonyl (C=O) groups is 1. The van der Waals surface area contributed by atoms with E-state index in [1.54, 1.807) is 29.5 Å². The van der Waals surface area contributed by atoms with Gasteiger partial charge in [-0.2, -0.15) is 0 Å². The fourth-order valence-electron chi connectivity index (χ4n) is 2.64. The lowest BCUT2D eigenvalue weighted by Gasteiger charge is -2.18. The average Bonchev–Trinajstić information content (AvgIpc) is 2.85.